The summed E-state index contributed by atoms with van der Waals surface area (Å²) in [6, 6.07) is 10.8. The smallest absolute Gasteiger partial charge is 0.329 e. The highest BCUT2D eigenvalue weighted by molar-refractivity contribution is 9.10. The van der Waals surface area contributed by atoms with Gasteiger partial charge in [-0.3, -0.25) is 9.59 Å². The summed E-state index contributed by atoms with van der Waals surface area (Å²) in [7, 11) is 0. The van der Waals surface area contributed by atoms with Crippen LogP contribution in [0.1, 0.15) is 30.9 Å². The van der Waals surface area contributed by atoms with Crippen LogP contribution in [0.4, 0.5) is 5.69 Å². The molecule has 2 aromatic carbocycles. The first-order chi connectivity index (χ1) is 12.9. The molecule has 0 saturated heterocycles. The first-order valence-corrected chi connectivity index (χ1v) is 9.07. The van der Waals surface area contributed by atoms with Crippen LogP contribution in [0, 0.1) is 0 Å². The molecule has 2 N–H and O–H groups in total. The predicted octanol–water partition coefficient (Wildman–Crippen LogP) is 3.39. The molecule has 27 heavy (non-hydrogen) atoms. The molecule has 7 nitrogen and oxygen atoms in total. The van der Waals surface area contributed by atoms with E-state index < -0.39 is 11.8 Å². The van der Waals surface area contributed by atoms with Crippen LogP contribution < -0.4 is 20.2 Å². The molecule has 1 aliphatic rings. The van der Waals surface area contributed by atoms with Gasteiger partial charge in [-0.05, 0) is 51.7 Å². The average molecular weight is 432 g/mol. The predicted molar refractivity (Wildman–Crippen MR) is 105 cm³/mol. The Morgan fingerprint density at radius 3 is 2.44 bits per heavy atom. The molecule has 0 aromatic heterocycles. The third-order valence-electron chi connectivity index (χ3n) is 3.90. The van der Waals surface area contributed by atoms with Crippen molar-refractivity contribution in [1.29, 1.82) is 0 Å². The maximum atomic E-state index is 12.0. The number of benzene rings is 2. The minimum absolute atomic E-state index is 0.164. The van der Waals surface area contributed by atoms with E-state index in [0.29, 0.717) is 28.7 Å². The quantitative estimate of drug-likeness (QED) is 0.441. The topological polar surface area (TPSA) is 89.0 Å². The van der Waals surface area contributed by atoms with Gasteiger partial charge >= 0.3 is 11.8 Å². The SMILES string of the molecule is CC(C)c1ccc(NC(=O)C(=O)NN=Cc2cc3c(cc2Br)OCO3)cc1. The number of hydrogen-bond acceptors (Lipinski definition) is 5. The highest BCUT2D eigenvalue weighted by atomic mass is 79.9. The van der Waals surface area contributed by atoms with Gasteiger partial charge in [-0.15, -0.1) is 0 Å². The van der Waals surface area contributed by atoms with Gasteiger partial charge in [0.1, 0.15) is 0 Å². The third kappa shape index (κ3) is 4.65. The molecule has 8 heteroatoms. The minimum atomic E-state index is -0.865. The van der Waals surface area contributed by atoms with Crippen LogP contribution in [0.2, 0.25) is 0 Å². The Morgan fingerprint density at radius 2 is 1.78 bits per heavy atom. The van der Waals surface area contributed by atoms with Gasteiger partial charge in [-0.25, -0.2) is 5.43 Å². The van der Waals surface area contributed by atoms with Crippen molar-refractivity contribution in [3.8, 4) is 11.5 Å². The zero-order valence-electron chi connectivity index (χ0n) is 14.8. The molecule has 0 radical (unpaired) electrons. The Bertz CT molecular complexity index is 895. The summed E-state index contributed by atoms with van der Waals surface area (Å²) in [4.78, 5) is 23.8. The highest BCUT2D eigenvalue weighted by Crippen LogP contribution is 2.36. The number of anilines is 1. The Morgan fingerprint density at radius 1 is 1.11 bits per heavy atom. The van der Waals surface area contributed by atoms with Crippen molar-refractivity contribution in [1.82, 2.24) is 5.43 Å². The van der Waals surface area contributed by atoms with Gasteiger partial charge in [0.25, 0.3) is 0 Å². The van der Waals surface area contributed by atoms with Gasteiger partial charge in [0, 0.05) is 15.7 Å². The summed E-state index contributed by atoms with van der Waals surface area (Å²) >= 11 is 3.39. The first-order valence-electron chi connectivity index (χ1n) is 8.27. The molecule has 0 atom stereocenters. The van der Waals surface area contributed by atoms with E-state index in [9.17, 15) is 9.59 Å². The van der Waals surface area contributed by atoms with Crippen molar-refractivity contribution in [3.63, 3.8) is 0 Å². The Labute approximate surface area is 164 Å². The lowest BCUT2D eigenvalue weighted by atomic mass is 10.0. The number of nitrogens with zero attached hydrogens (tertiary/aromatic N) is 1. The van der Waals surface area contributed by atoms with Crippen molar-refractivity contribution in [2.75, 3.05) is 12.1 Å². The Hall–Kier alpha value is -2.87. The maximum Gasteiger partial charge on any atom is 0.329 e. The van der Waals surface area contributed by atoms with E-state index >= 15 is 0 Å². The number of halogens is 1. The van der Waals surface area contributed by atoms with E-state index in [0.717, 1.165) is 10.0 Å². The second-order valence-electron chi connectivity index (χ2n) is 6.16. The monoisotopic (exact) mass is 431 g/mol. The molecule has 2 amide bonds. The van der Waals surface area contributed by atoms with Crippen LogP contribution in [-0.4, -0.2) is 24.8 Å². The van der Waals surface area contributed by atoms with Gasteiger partial charge in [-0.2, -0.15) is 5.10 Å². The highest BCUT2D eigenvalue weighted by Gasteiger charge is 2.16. The third-order valence-corrected chi connectivity index (χ3v) is 4.59. The Balaban J connectivity index is 1.57. The van der Waals surface area contributed by atoms with Crippen molar-refractivity contribution in [2.45, 2.75) is 19.8 Å². The standard InChI is InChI=1S/C19H18BrN3O4/c1-11(2)12-3-5-14(6-4-12)22-18(24)19(25)23-21-9-13-7-16-17(8-15(13)20)27-10-26-16/h3-9,11H,10H2,1-2H3,(H,22,24)(H,23,25). The normalized spacial score (nSPS) is 12.4. The zero-order chi connectivity index (χ0) is 19.4. The van der Waals surface area contributed by atoms with Crippen molar-refractivity contribution in [3.05, 3.63) is 52.0 Å². The van der Waals surface area contributed by atoms with Gasteiger partial charge in [0.05, 0.1) is 6.21 Å². The Kier molecular flexibility index (Phi) is 5.75. The molecule has 3 rings (SSSR count). The van der Waals surface area contributed by atoms with E-state index in [1.54, 1.807) is 24.3 Å². The van der Waals surface area contributed by atoms with Crippen LogP contribution in [-0.2, 0) is 9.59 Å². The largest absolute Gasteiger partial charge is 0.454 e. The van der Waals surface area contributed by atoms with Crippen LogP contribution in [0.3, 0.4) is 0 Å². The second-order valence-corrected chi connectivity index (χ2v) is 7.01. The van der Waals surface area contributed by atoms with Crippen molar-refractivity contribution in [2.24, 2.45) is 5.10 Å². The summed E-state index contributed by atoms with van der Waals surface area (Å²) < 4.78 is 11.3. The number of ether oxygens (including phenoxy) is 2. The number of carbonyl (C=O) groups is 2. The fourth-order valence-electron chi connectivity index (χ4n) is 2.38. The second kappa shape index (κ2) is 8.22. The molecule has 0 bridgehead atoms. The lowest BCUT2D eigenvalue weighted by molar-refractivity contribution is -0.136. The van der Waals surface area contributed by atoms with Crippen LogP contribution in [0.15, 0.2) is 46.0 Å². The molecule has 0 saturated carbocycles. The van der Waals surface area contributed by atoms with E-state index in [1.807, 2.05) is 12.1 Å². The zero-order valence-corrected chi connectivity index (χ0v) is 16.4. The maximum absolute atomic E-state index is 12.0. The van der Waals surface area contributed by atoms with E-state index in [2.05, 4.69) is 45.6 Å². The molecular formula is C19H18BrN3O4. The number of fused-ring (bicyclic) bond motifs is 1. The average Bonchev–Trinajstić information content (AvgIpc) is 3.09. The van der Waals surface area contributed by atoms with Crippen LogP contribution in [0.5, 0.6) is 11.5 Å². The lowest BCUT2D eigenvalue weighted by Gasteiger charge is -2.07. The molecule has 0 fully saturated rings. The van der Waals surface area contributed by atoms with Gasteiger partial charge < -0.3 is 14.8 Å². The number of hydrogen-bond donors (Lipinski definition) is 2. The fourth-order valence-corrected chi connectivity index (χ4v) is 2.81. The van der Waals surface area contributed by atoms with Crippen molar-refractivity contribution < 1.29 is 19.1 Å². The summed E-state index contributed by atoms with van der Waals surface area (Å²) in [5.74, 6) is -0.0485. The van der Waals surface area contributed by atoms with Gasteiger partial charge in [0.15, 0.2) is 11.5 Å². The molecular weight excluding hydrogens is 414 g/mol. The summed E-state index contributed by atoms with van der Waals surface area (Å²) in [5.41, 5.74) is 4.56. The molecule has 140 valence electrons. The van der Waals surface area contributed by atoms with Crippen LogP contribution in [0.25, 0.3) is 0 Å². The minimum Gasteiger partial charge on any atom is -0.454 e. The molecule has 2 aromatic rings. The summed E-state index contributed by atoms with van der Waals surface area (Å²) in [5, 5.41) is 6.35. The summed E-state index contributed by atoms with van der Waals surface area (Å²) in [6.45, 7) is 4.33. The number of carbonyl (C=O) groups excluding carboxylic acids is 2. The lowest BCUT2D eigenvalue weighted by Crippen LogP contribution is -2.32. The molecule has 0 unspecified atom stereocenters. The van der Waals surface area contributed by atoms with Gasteiger partial charge in [-0.1, -0.05) is 26.0 Å². The molecule has 1 heterocycles. The van der Waals surface area contributed by atoms with E-state index in [4.69, 9.17) is 9.47 Å². The summed E-state index contributed by atoms with van der Waals surface area (Å²) in [6.07, 6.45) is 1.41. The van der Waals surface area contributed by atoms with E-state index in [1.165, 1.54) is 6.21 Å². The number of amides is 2. The van der Waals surface area contributed by atoms with Crippen molar-refractivity contribution >= 4 is 39.6 Å². The molecule has 1 aliphatic heterocycles. The number of nitrogens with one attached hydrogen (secondary N) is 2. The molecule has 0 aliphatic carbocycles. The van der Waals surface area contributed by atoms with Crippen LogP contribution >= 0.6 is 15.9 Å². The van der Waals surface area contributed by atoms with Gasteiger partial charge in [0.2, 0.25) is 6.79 Å². The molecule has 0 spiro atoms. The van der Waals surface area contributed by atoms with E-state index in [-0.39, 0.29) is 6.79 Å². The number of rotatable bonds is 4. The first kappa shape index (κ1) is 18.9. The fraction of sp³-hybridized carbons (Fsp3) is 0.211. The number of hydrazone groups is 1.